The molecule has 0 amide bonds. The summed E-state index contributed by atoms with van der Waals surface area (Å²) in [6.07, 6.45) is 4.82. The van der Waals surface area contributed by atoms with Crippen LogP contribution in [0.4, 0.5) is 8.78 Å². The smallest absolute Gasteiger partial charge is 0.181 e. The number of hydrogen-bond donors (Lipinski definition) is 0. The summed E-state index contributed by atoms with van der Waals surface area (Å²) in [6.45, 7) is 0. The Bertz CT molecular complexity index is 476. The Labute approximate surface area is 113 Å². The molecule has 1 aliphatic carbocycles. The highest BCUT2D eigenvalue weighted by Crippen LogP contribution is 2.23. The van der Waals surface area contributed by atoms with Crippen LogP contribution in [-0.4, -0.2) is 21.0 Å². The molecular weight excluding hydrogens is 270 g/mol. The Kier molecular flexibility index (Phi) is 4.80. The highest BCUT2D eigenvalue weighted by Gasteiger charge is 2.24. The molecule has 1 aromatic rings. The number of hydrogen-bond acceptors (Lipinski definition) is 2. The Morgan fingerprint density at radius 3 is 2.32 bits per heavy atom. The van der Waals surface area contributed by atoms with Gasteiger partial charge in [-0.05, 0) is 25.0 Å². The Morgan fingerprint density at radius 2 is 1.74 bits per heavy atom. The van der Waals surface area contributed by atoms with Crippen molar-refractivity contribution in [3.63, 3.8) is 0 Å². The van der Waals surface area contributed by atoms with E-state index in [0.717, 1.165) is 44.2 Å². The normalized spacial score (nSPS) is 18.2. The highest BCUT2D eigenvalue weighted by atomic mass is 32.2. The average Bonchev–Trinajstić information content (AvgIpc) is 2.39. The Balaban J connectivity index is 2.06. The lowest BCUT2D eigenvalue weighted by atomic mass is 10.0. The summed E-state index contributed by atoms with van der Waals surface area (Å²) < 4.78 is 38.9. The van der Waals surface area contributed by atoms with Crippen molar-refractivity contribution in [2.75, 3.05) is 5.75 Å². The second-order valence-corrected chi connectivity index (χ2v) is 6.52. The van der Waals surface area contributed by atoms with E-state index in [1.165, 1.54) is 6.07 Å². The molecule has 1 aromatic carbocycles. The van der Waals surface area contributed by atoms with Crippen LogP contribution in [0.2, 0.25) is 0 Å². The van der Waals surface area contributed by atoms with Gasteiger partial charge in [0.05, 0.1) is 11.3 Å². The minimum absolute atomic E-state index is 0.00691. The van der Waals surface area contributed by atoms with Gasteiger partial charge in [0.25, 0.3) is 0 Å². The van der Waals surface area contributed by atoms with Gasteiger partial charge >= 0.3 is 0 Å². The second kappa shape index (κ2) is 6.37. The molecule has 1 unspecified atom stereocenters. The average molecular weight is 286 g/mol. The van der Waals surface area contributed by atoms with E-state index in [0.29, 0.717) is 0 Å². The molecular formula is C14H16F2O2S. The molecule has 0 bridgehead atoms. The number of ketones is 1. The predicted octanol–water partition coefficient (Wildman–Crippen LogP) is 3.23. The molecule has 0 aromatic heterocycles. The van der Waals surface area contributed by atoms with E-state index >= 15 is 0 Å². The van der Waals surface area contributed by atoms with E-state index in [1.807, 2.05) is 0 Å². The van der Waals surface area contributed by atoms with Crippen LogP contribution in [0.1, 0.15) is 42.5 Å². The Hall–Kier alpha value is -1.10. The molecule has 104 valence electrons. The molecule has 0 saturated heterocycles. The predicted molar refractivity (Wildman–Crippen MR) is 70.6 cm³/mol. The van der Waals surface area contributed by atoms with Crippen LogP contribution in [0.5, 0.6) is 0 Å². The van der Waals surface area contributed by atoms with Gasteiger partial charge in [-0.15, -0.1) is 0 Å². The van der Waals surface area contributed by atoms with E-state index in [1.54, 1.807) is 0 Å². The summed E-state index contributed by atoms with van der Waals surface area (Å²) in [5, 5.41) is -0.00691. The van der Waals surface area contributed by atoms with Crippen LogP contribution in [0.15, 0.2) is 18.2 Å². The van der Waals surface area contributed by atoms with Crippen LogP contribution in [0, 0.1) is 11.6 Å². The summed E-state index contributed by atoms with van der Waals surface area (Å²) in [5.41, 5.74) is -0.563. The second-order valence-electron chi connectivity index (χ2n) is 4.80. The van der Waals surface area contributed by atoms with Gasteiger partial charge in [-0.2, -0.15) is 0 Å². The quantitative estimate of drug-likeness (QED) is 0.796. The minimum Gasteiger partial charge on any atom is -0.293 e. The summed E-state index contributed by atoms with van der Waals surface area (Å²) in [5.74, 6) is -2.77. The number of halogens is 2. The first-order chi connectivity index (χ1) is 9.09. The molecule has 0 radical (unpaired) electrons. The summed E-state index contributed by atoms with van der Waals surface area (Å²) >= 11 is 0. The fourth-order valence-corrected chi connectivity index (χ4v) is 3.91. The zero-order chi connectivity index (χ0) is 13.8. The zero-order valence-electron chi connectivity index (χ0n) is 10.5. The molecule has 1 aliphatic rings. The standard InChI is InChI=1S/C14H16F2O2S/c15-11-7-4-8-12(16)14(11)13(17)9-19(18)10-5-2-1-3-6-10/h4,7-8,10H,1-3,5-6,9H2. The first kappa shape index (κ1) is 14.3. The molecule has 1 saturated carbocycles. The summed E-state index contributed by atoms with van der Waals surface area (Å²) in [4.78, 5) is 11.9. The number of Topliss-reactive ketones (excluding diaryl/α,β-unsaturated/α-hetero) is 1. The maximum atomic E-state index is 13.4. The van der Waals surface area contributed by atoms with Gasteiger partial charge in [0, 0.05) is 16.0 Å². The van der Waals surface area contributed by atoms with Gasteiger partial charge in [0.1, 0.15) is 11.6 Å². The van der Waals surface area contributed by atoms with Gasteiger partial charge in [0.15, 0.2) is 5.78 Å². The topological polar surface area (TPSA) is 34.1 Å². The van der Waals surface area contributed by atoms with E-state index in [9.17, 15) is 17.8 Å². The van der Waals surface area contributed by atoms with Crippen molar-refractivity contribution in [3.8, 4) is 0 Å². The third-order valence-corrected chi connectivity index (χ3v) is 5.20. The lowest BCUT2D eigenvalue weighted by Gasteiger charge is -2.20. The molecule has 2 nitrogen and oxygen atoms in total. The number of benzene rings is 1. The fourth-order valence-electron chi connectivity index (χ4n) is 2.41. The third kappa shape index (κ3) is 3.47. The van der Waals surface area contributed by atoms with Crippen molar-refractivity contribution < 1.29 is 17.8 Å². The Morgan fingerprint density at radius 1 is 1.16 bits per heavy atom. The molecule has 1 fully saturated rings. The van der Waals surface area contributed by atoms with Crippen LogP contribution in [0.25, 0.3) is 0 Å². The maximum absolute atomic E-state index is 13.4. The first-order valence-corrected chi connectivity index (χ1v) is 7.82. The van der Waals surface area contributed by atoms with E-state index in [2.05, 4.69) is 0 Å². The molecule has 0 N–H and O–H groups in total. The van der Waals surface area contributed by atoms with E-state index in [-0.39, 0.29) is 11.0 Å². The molecule has 0 aliphatic heterocycles. The van der Waals surface area contributed by atoms with Crippen LogP contribution < -0.4 is 0 Å². The fraction of sp³-hybridized carbons (Fsp3) is 0.500. The van der Waals surface area contributed by atoms with Gasteiger partial charge in [-0.25, -0.2) is 8.78 Å². The lowest BCUT2D eigenvalue weighted by molar-refractivity contribution is 0.101. The van der Waals surface area contributed by atoms with Gasteiger partial charge in [0.2, 0.25) is 0 Å². The van der Waals surface area contributed by atoms with Crippen molar-refractivity contribution in [3.05, 3.63) is 35.4 Å². The van der Waals surface area contributed by atoms with E-state index in [4.69, 9.17) is 0 Å². The summed E-state index contributed by atoms with van der Waals surface area (Å²) in [6, 6.07) is 3.29. The van der Waals surface area contributed by atoms with Gasteiger partial charge in [-0.3, -0.25) is 9.00 Å². The number of carbonyl (C=O) groups excluding carboxylic acids is 1. The summed E-state index contributed by atoms with van der Waals surface area (Å²) in [7, 11) is -1.34. The van der Waals surface area contributed by atoms with Crippen molar-refractivity contribution in [1.82, 2.24) is 0 Å². The third-order valence-electron chi connectivity index (χ3n) is 3.44. The van der Waals surface area contributed by atoms with Crippen LogP contribution in [0.3, 0.4) is 0 Å². The van der Waals surface area contributed by atoms with Gasteiger partial charge in [-0.1, -0.05) is 25.3 Å². The number of carbonyl (C=O) groups is 1. The van der Waals surface area contributed by atoms with Crippen molar-refractivity contribution in [2.45, 2.75) is 37.4 Å². The maximum Gasteiger partial charge on any atom is 0.181 e. The highest BCUT2D eigenvalue weighted by molar-refractivity contribution is 7.86. The molecule has 1 atom stereocenters. The zero-order valence-corrected chi connectivity index (χ0v) is 11.3. The number of rotatable bonds is 4. The van der Waals surface area contributed by atoms with Crippen molar-refractivity contribution in [1.29, 1.82) is 0 Å². The van der Waals surface area contributed by atoms with Gasteiger partial charge < -0.3 is 0 Å². The van der Waals surface area contributed by atoms with Crippen molar-refractivity contribution >= 4 is 16.6 Å². The first-order valence-electron chi connectivity index (χ1n) is 6.44. The molecule has 19 heavy (non-hydrogen) atoms. The molecule has 0 spiro atoms. The SMILES string of the molecule is O=C(CS(=O)C1CCCCC1)c1c(F)cccc1F. The van der Waals surface area contributed by atoms with Crippen LogP contribution in [-0.2, 0) is 10.8 Å². The van der Waals surface area contributed by atoms with Crippen molar-refractivity contribution in [2.24, 2.45) is 0 Å². The van der Waals surface area contributed by atoms with E-state index < -0.39 is 33.8 Å². The molecule has 5 heteroatoms. The largest absolute Gasteiger partial charge is 0.293 e. The molecule has 2 rings (SSSR count). The van der Waals surface area contributed by atoms with Crippen LogP contribution >= 0.6 is 0 Å². The lowest BCUT2D eigenvalue weighted by Crippen LogP contribution is -2.25. The molecule has 0 heterocycles. The minimum atomic E-state index is -1.34. The monoisotopic (exact) mass is 286 g/mol.